The fourth-order valence-electron chi connectivity index (χ4n) is 3.45. The van der Waals surface area contributed by atoms with Gasteiger partial charge < -0.3 is 10.1 Å². The predicted molar refractivity (Wildman–Crippen MR) is 116 cm³/mol. The number of nitrogens with one attached hydrogen (secondary N) is 1. The lowest BCUT2D eigenvalue weighted by Crippen LogP contribution is -2.06. The molecule has 1 aromatic heterocycles. The van der Waals surface area contributed by atoms with Crippen LogP contribution in [-0.2, 0) is 11.4 Å². The van der Waals surface area contributed by atoms with E-state index >= 15 is 0 Å². The summed E-state index contributed by atoms with van der Waals surface area (Å²) in [4.78, 5) is 29.5. The number of hydrogen-bond acceptors (Lipinski definition) is 4. The van der Waals surface area contributed by atoms with E-state index in [2.05, 4.69) is 24.1 Å². The van der Waals surface area contributed by atoms with Gasteiger partial charge >= 0.3 is 0 Å². The van der Waals surface area contributed by atoms with Gasteiger partial charge in [0, 0.05) is 29.1 Å². The minimum absolute atomic E-state index is 0.230. The number of nitrogens with zero attached hydrogens (tertiary/aromatic N) is 1. The Morgan fingerprint density at radius 1 is 1.07 bits per heavy atom. The van der Waals surface area contributed by atoms with Crippen LogP contribution in [0.3, 0.4) is 0 Å². The van der Waals surface area contributed by atoms with E-state index in [1.807, 2.05) is 48.5 Å². The molecule has 150 valence electrons. The number of anilines is 1. The van der Waals surface area contributed by atoms with Crippen LogP contribution >= 0.6 is 0 Å². The highest BCUT2D eigenvalue weighted by Gasteiger charge is 2.28. The van der Waals surface area contributed by atoms with E-state index in [-0.39, 0.29) is 17.6 Å². The van der Waals surface area contributed by atoms with E-state index in [0.717, 1.165) is 22.4 Å². The summed E-state index contributed by atoms with van der Waals surface area (Å²) < 4.78 is 5.66. The van der Waals surface area contributed by atoms with Gasteiger partial charge in [-0.1, -0.05) is 56.3 Å². The maximum absolute atomic E-state index is 12.8. The zero-order valence-corrected chi connectivity index (χ0v) is 16.9. The number of hydrogen-bond donors (Lipinski definition) is 1. The Labute approximate surface area is 175 Å². The second-order valence-corrected chi connectivity index (χ2v) is 7.46. The van der Waals surface area contributed by atoms with E-state index in [1.165, 1.54) is 12.3 Å². The van der Waals surface area contributed by atoms with E-state index < -0.39 is 0 Å². The number of fused-ring (bicyclic) bond motifs is 1. The number of amides is 1. The Morgan fingerprint density at radius 2 is 1.87 bits per heavy atom. The van der Waals surface area contributed by atoms with Crippen LogP contribution in [0.2, 0.25) is 0 Å². The highest BCUT2D eigenvalue weighted by molar-refractivity contribution is 6.35. The molecule has 2 heterocycles. The molecule has 0 saturated heterocycles. The molecule has 0 spiro atoms. The molecule has 0 aliphatic carbocycles. The maximum Gasteiger partial charge on any atom is 0.256 e. The Morgan fingerprint density at radius 3 is 2.57 bits per heavy atom. The van der Waals surface area contributed by atoms with Crippen molar-refractivity contribution in [2.75, 3.05) is 5.32 Å². The third-order valence-electron chi connectivity index (χ3n) is 5.01. The summed E-state index contributed by atoms with van der Waals surface area (Å²) in [5.74, 6) is 0.138. The number of aromatic nitrogens is 1. The fourth-order valence-corrected chi connectivity index (χ4v) is 3.45. The minimum atomic E-state index is -0.270. The molecule has 0 fully saturated rings. The van der Waals surface area contributed by atoms with E-state index in [9.17, 15) is 9.59 Å². The van der Waals surface area contributed by atoms with Crippen LogP contribution in [-0.4, -0.2) is 16.7 Å². The van der Waals surface area contributed by atoms with Crippen molar-refractivity contribution in [2.24, 2.45) is 0 Å². The molecule has 1 N–H and O–H groups in total. The van der Waals surface area contributed by atoms with Gasteiger partial charge in [0.2, 0.25) is 5.88 Å². The summed E-state index contributed by atoms with van der Waals surface area (Å²) in [6.45, 7) is 4.53. The van der Waals surface area contributed by atoms with Crippen LogP contribution in [0.4, 0.5) is 5.69 Å². The van der Waals surface area contributed by atoms with Crippen LogP contribution in [0, 0.1) is 0 Å². The molecule has 0 atom stereocenters. The molecule has 0 saturated carbocycles. The van der Waals surface area contributed by atoms with Crippen molar-refractivity contribution in [1.29, 1.82) is 0 Å². The quantitative estimate of drug-likeness (QED) is 0.468. The molecule has 2 aromatic carbocycles. The van der Waals surface area contributed by atoms with Crippen LogP contribution in [0.15, 0.2) is 72.9 Å². The minimum Gasteiger partial charge on any atom is -0.473 e. The molecule has 30 heavy (non-hydrogen) atoms. The van der Waals surface area contributed by atoms with Crippen molar-refractivity contribution in [3.63, 3.8) is 0 Å². The van der Waals surface area contributed by atoms with Gasteiger partial charge in [0.15, 0.2) is 5.78 Å². The smallest absolute Gasteiger partial charge is 0.256 e. The van der Waals surface area contributed by atoms with Crippen LogP contribution in [0.5, 0.6) is 5.88 Å². The average molecular weight is 398 g/mol. The SMILES string of the molecule is CC(C)c1cccc2c1C(=CC(=O)c1ccc(OCc3ccccc3)nc1)C(=O)N2. The Bertz CT molecular complexity index is 1120. The monoisotopic (exact) mass is 398 g/mol. The molecule has 1 aliphatic rings. The first-order valence-corrected chi connectivity index (χ1v) is 9.86. The van der Waals surface area contributed by atoms with E-state index in [0.29, 0.717) is 23.6 Å². The molecular formula is C25H22N2O3. The normalized spacial score (nSPS) is 14.0. The van der Waals surface area contributed by atoms with Gasteiger partial charge in [0.05, 0.1) is 5.57 Å². The fraction of sp³-hybridized carbons (Fsp3) is 0.160. The molecule has 0 radical (unpaired) electrons. The van der Waals surface area contributed by atoms with Gasteiger partial charge in [-0.05, 0) is 35.3 Å². The molecule has 1 aliphatic heterocycles. The number of rotatable bonds is 6. The number of benzene rings is 2. The van der Waals surface area contributed by atoms with Crippen molar-refractivity contribution in [3.8, 4) is 5.88 Å². The lowest BCUT2D eigenvalue weighted by atomic mass is 9.92. The molecule has 1 amide bonds. The van der Waals surface area contributed by atoms with Crippen LogP contribution in [0.25, 0.3) is 5.57 Å². The van der Waals surface area contributed by atoms with Crippen LogP contribution < -0.4 is 10.1 Å². The second-order valence-electron chi connectivity index (χ2n) is 7.46. The number of carbonyl (C=O) groups is 2. The molecule has 5 heteroatoms. The summed E-state index contributed by atoms with van der Waals surface area (Å²) in [6.07, 6.45) is 2.87. The number of ketones is 1. The zero-order chi connectivity index (χ0) is 21.1. The largest absolute Gasteiger partial charge is 0.473 e. The van der Waals surface area contributed by atoms with Crippen molar-refractivity contribution in [1.82, 2.24) is 4.98 Å². The van der Waals surface area contributed by atoms with Gasteiger partial charge in [-0.25, -0.2) is 4.98 Å². The Balaban J connectivity index is 1.53. The van der Waals surface area contributed by atoms with Crippen LogP contribution in [0.1, 0.15) is 46.8 Å². The molecule has 0 unspecified atom stereocenters. The summed E-state index contributed by atoms with van der Waals surface area (Å²) >= 11 is 0. The standard InChI is InChI=1S/C25H22N2O3/c1-16(2)19-9-6-10-21-24(19)20(25(29)27-21)13-22(28)18-11-12-23(26-14-18)30-15-17-7-4-3-5-8-17/h3-14,16H,15H2,1-2H3,(H,27,29). The van der Waals surface area contributed by atoms with E-state index in [4.69, 9.17) is 4.74 Å². The predicted octanol–water partition coefficient (Wildman–Crippen LogP) is 5.00. The van der Waals surface area contributed by atoms with Gasteiger partial charge in [0.1, 0.15) is 6.61 Å². The number of pyridine rings is 1. The number of carbonyl (C=O) groups excluding carboxylic acids is 2. The highest BCUT2D eigenvalue weighted by Crippen LogP contribution is 2.37. The van der Waals surface area contributed by atoms with Gasteiger partial charge in [-0.3, -0.25) is 9.59 Å². The van der Waals surface area contributed by atoms with Gasteiger partial charge in [-0.2, -0.15) is 0 Å². The zero-order valence-electron chi connectivity index (χ0n) is 16.9. The van der Waals surface area contributed by atoms with Crippen molar-refractivity contribution < 1.29 is 14.3 Å². The van der Waals surface area contributed by atoms with E-state index in [1.54, 1.807) is 12.1 Å². The first kappa shape index (κ1) is 19.6. The Kier molecular flexibility index (Phi) is 5.44. The molecular weight excluding hydrogens is 376 g/mol. The second kappa shape index (κ2) is 8.33. The summed E-state index contributed by atoms with van der Waals surface area (Å²) in [6, 6.07) is 18.9. The topological polar surface area (TPSA) is 68.3 Å². The number of ether oxygens (including phenoxy) is 1. The maximum atomic E-state index is 12.8. The van der Waals surface area contributed by atoms with Gasteiger partial charge in [0.25, 0.3) is 5.91 Å². The lowest BCUT2D eigenvalue weighted by Gasteiger charge is -2.11. The third-order valence-corrected chi connectivity index (χ3v) is 5.01. The Hall–Kier alpha value is -3.73. The lowest BCUT2D eigenvalue weighted by molar-refractivity contribution is -0.110. The van der Waals surface area contributed by atoms with Gasteiger partial charge in [-0.15, -0.1) is 0 Å². The summed E-state index contributed by atoms with van der Waals surface area (Å²) in [5.41, 5.74) is 4.42. The summed E-state index contributed by atoms with van der Waals surface area (Å²) in [7, 11) is 0. The molecule has 5 nitrogen and oxygen atoms in total. The first-order chi connectivity index (χ1) is 14.5. The highest BCUT2D eigenvalue weighted by atomic mass is 16.5. The number of allylic oxidation sites excluding steroid dienone is 1. The average Bonchev–Trinajstić information content (AvgIpc) is 3.08. The van der Waals surface area contributed by atoms with Crippen molar-refractivity contribution >= 4 is 23.0 Å². The third kappa shape index (κ3) is 4.01. The first-order valence-electron chi connectivity index (χ1n) is 9.86. The van der Waals surface area contributed by atoms with Crippen molar-refractivity contribution in [3.05, 3.63) is 95.2 Å². The molecule has 4 rings (SSSR count). The van der Waals surface area contributed by atoms with Crippen molar-refractivity contribution in [2.45, 2.75) is 26.4 Å². The summed E-state index contributed by atoms with van der Waals surface area (Å²) in [5, 5.41) is 2.85. The molecule has 3 aromatic rings. The molecule has 0 bridgehead atoms.